The third-order valence-corrected chi connectivity index (χ3v) is 4.52. The van der Waals surface area contributed by atoms with Crippen molar-refractivity contribution in [2.24, 2.45) is 5.92 Å². The molecule has 2 rings (SSSR count). The Balaban J connectivity index is 1.64. The highest BCUT2D eigenvalue weighted by Crippen LogP contribution is 2.16. The Morgan fingerprint density at radius 1 is 1.29 bits per heavy atom. The second kappa shape index (κ2) is 8.17. The number of nitrogens with one attached hydrogen (secondary N) is 1. The smallest absolute Gasteiger partial charge is 0.0991 e. The van der Waals surface area contributed by atoms with Crippen LogP contribution >= 0.6 is 0 Å². The van der Waals surface area contributed by atoms with Crippen molar-refractivity contribution in [3.8, 4) is 6.07 Å². The maximum atomic E-state index is 8.81. The standard InChI is InChI=1S/C18H27N3/c1-15-8-12-21(13-9-15)11-3-10-20-16(2)18-6-4-17(14-19)5-7-18/h4-7,15-16,20H,3,8-13H2,1-2H3. The molecule has 0 amide bonds. The summed E-state index contributed by atoms with van der Waals surface area (Å²) < 4.78 is 0. The summed E-state index contributed by atoms with van der Waals surface area (Å²) in [7, 11) is 0. The minimum absolute atomic E-state index is 0.346. The first kappa shape index (κ1) is 16.0. The number of likely N-dealkylation sites (tertiary alicyclic amines) is 1. The second-order valence-electron chi connectivity index (χ2n) is 6.29. The molecule has 114 valence electrons. The molecule has 0 aliphatic carbocycles. The van der Waals surface area contributed by atoms with Gasteiger partial charge in [-0.15, -0.1) is 0 Å². The van der Waals surface area contributed by atoms with Crippen LogP contribution in [0.3, 0.4) is 0 Å². The molecule has 3 nitrogen and oxygen atoms in total. The van der Waals surface area contributed by atoms with E-state index in [2.05, 4.69) is 30.1 Å². The Kier molecular flexibility index (Phi) is 6.22. The molecule has 1 heterocycles. The van der Waals surface area contributed by atoms with Crippen molar-refractivity contribution >= 4 is 0 Å². The van der Waals surface area contributed by atoms with E-state index in [1.807, 2.05) is 24.3 Å². The van der Waals surface area contributed by atoms with Crippen molar-refractivity contribution in [2.45, 2.75) is 39.2 Å². The van der Waals surface area contributed by atoms with Gasteiger partial charge < -0.3 is 10.2 Å². The molecule has 0 bridgehead atoms. The lowest BCUT2D eigenvalue weighted by Gasteiger charge is -2.30. The van der Waals surface area contributed by atoms with Crippen molar-refractivity contribution in [3.05, 3.63) is 35.4 Å². The van der Waals surface area contributed by atoms with E-state index in [1.54, 1.807) is 0 Å². The van der Waals surface area contributed by atoms with E-state index in [1.165, 1.54) is 44.5 Å². The van der Waals surface area contributed by atoms with Crippen LogP contribution in [0, 0.1) is 17.2 Å². The maximum Gasteiger partial charge on any atom is 0.0991 e. The highest BCUT2D eigenvalue weighted by atomic mass is 15.1. The average Bonchev–Trinajstić information content (AvgIpc) is 2.53. The Morgan fingerprint density at radius 2 is 1.95 bits per heavy atom. The third kappa shape index (κ3) is 5.15. The van der Waals surface area contributed by atoms with Crippen molar-refractivity contribution < 1.29 is 0 Å². The van der Waals surface area contributed by atoms with Crippen LogP contribution < -0.4 is 5.32 Å². The lowest BCUT2D eigenvalue weighted by atomic mass is 9.99. The van der Waals surface area contributed by atoms with Gasteiger partial charge in [-0.1, -0.05) is 19.1 Å². The zero-order valence-corrected chi connectivity index (χ0v) is 13.3. The molecule has 0 saturated carbocycles. The zero-order chi connectivity index (χ0) is 15.1. The van der Waals surface area contributed by atoms with Crippen LogP contribution in [-0.2, 0) is 0 Å². The first-order valence-corrected chi connectivity index (χ1v) is 8.15. The predicted molar refractivity (Wildman–Crippen MR) is 87.0 cm³/mol. The van der Waals surface area contributed by atoms with Crippen molar-refractivity contribution in [2.75, 3.05) is 26.2 Å². The molecule has 1 aromatic carbocycles. The molecule has 1 unspecified atom stereocenters. The Morgan fingerprint density at radius 3 is 2.57 bits per heavy atom. The van der Waals surface area contributed by atoms with Crippen LogP contribution in [0.1, 0.15) is 50.3 Å². The summed E-state index contributed by atoms with van der Waals surface area (Å²) in [4.78, 5) is 2.59. The maximum absolute atomic E-state index is 8.81. The molecule has 1 aromatic rings. The van der Waals surface area contributed by atoms with Gasteiger partial charge in [0.15, 0.2) is 0 Å². The van der Waals surface area contributed by atoms with E-state index >= 15 is 0 Å². The van der Waals surface area contributed by atoms with Gasteiger partial charge in [-0.25, -0.2) is 0 Å². The topological polar surface area (TPSA) is 39.1 Å². The van der Waals surface area contributed by atoms with Crippen LogP contribution in [0.15, 0.2) is 24.3 Å². The number of hydrogen-bond donors (Lipinski definition) is 1. The number of piperidine rings is 1. The summed E-state index contributed by atoms with van der Waals surface area (Å²) in [5.41, 5.74) is 1.98. The van der Waals surface area contributed by atoms with E-state index in [0.29, 0.717) is 6.04 Å². The van der Waals surface area contributed by atoms with E-state index in [-0.39, 0.29) is 0 Å². The molecule has 1 aliphatic rings. The van der Waals surface area contributed by atoms with Gasteiger partial charge in [-0.3, -0.25) is 0 Å². The quantitative estimate of drug-likeness (QED) is 0.815. The van der Waals surface area contributed by atoms with Crippen LogP contribution in [0.25, 0.3) is 0 Å². The third-order valence-electron chi connectivity index (χ3n) is 4.52. The van der Waals surface area contributed by atoms with Gasteiger partial charge in [0.25, 0.3) is 0 Å². The molecule has 21 heavy (non-hydrogen) atoms. The SMILES string of the molecule is CC1CCN(CCCNC(C)c2ccc(C#N)cc2)CC1. The van der Waals surface area contributed by atoms with Crippen LogP contribution in [-0.4, -0.2) is 31.1 Å². The number of benzene rings is 1. The van der Waals surface area contributed by atoms with E-state index in [4.69, 9.17) is 5.26 Å². The molecule has 1 fully saturated rings. The minimum Gasteiger partial charge on any atom is -0.310 e. The molecule has 1 N–H and O–H groups in total. The molecule has 0 spiro atoms. The second-order valence-corrected chi connectivity index (χ2v) is 6.29. The summed E-state index contributed by atoms with van der Waals surface area (Å²) in [6.45, 7) is 9.34. The van der Waals surface area contributed by atoms with E-state index in [9.17, 15) is 0 Å². The Bertz CT molecular complexity index is 452. The molecule has 1 aliphatic heterocycles. The first-order chi connectivity index (χ1) is 10.2. The lowest BCUT2D eigenvalue weighted by molar-refractivity contribution is 0.190. The van der Waals surface area contributed by atoms with Crippen molar-refractivity contribution in [3.63, 3.8) is 0 Å². The van der Waals surface area contributed by atoms with Gasteiger partial charge in [0.2, 0.25) is 0 Å². The van der Waals surface area contributed by atoms with Crippen LogP contribution in [0.5, 0.6) is 0 Å². The van der Waals surface area contributed by atoms with Gasteiger partial charge in [0, 0.05) is 6.04 Å². The highest BCUT2D eigenvalue weighted by molar-refractivity contribution is 5.32. The fourth-order valence-electron chi connectivity index (χ4n) is 2.87. The number of hydrogen-bond acceptors (Lipinski definition) is 3. The number of rotatable bonds is 6. The molecule has 1 saturated heterocycles. The summed E-state index contributed by atoms with van der Waals surface area (Å²) in [6.07, 6.45) is 3.92. The normalized spacial score (nSPS) is 18.3. The van der Waals surface area contributed by atoms with E-state index in [0.717, 1.165) is 18.0 Å². The van der Waals surface area contributed by atoms with Crippen LogP contribution in [0.4, 0.5) is 0 Å². The lowest BCUT2D eigenvalue weighted by Crippen LogP contribution is -2.35. The zero-order valence-electron chi connectivity index (χ0n) is 13.3. The molecule has 0 radical (unpaired) electrons. The molecule has 0 aromatic heterocycles. The van der Waals surface area contributed by atoms with Crippen molar-refractivity contribution in [1.82, 2.24) is 10.2 Å². The average molecular weight is 285 g/mol. The molecular formula is C18H27N3. The number of nitriles is 1. The van der Waals surface area contributed by atoms with E-state index < -0.39 is 0 Å². The number of nitrogens with zero attached hydrogens (tertiary/aromatic N) is 2. The van der Waals surface area contributed by atoms with Gasteiger partial charge in [-0.05, 0) is 76.0 Å². The summed E-state index contributed by atoms with van der Waals surface area (Å²) in [5.74, 6) is 0.913. The Labute approximate surface area is 129 Å². The highest BCUT2D eigenvalue weighted by Gasteiger charge is 2.14. The van der Waals surface area contributed by atoms with Gasteiger partial charge >= 0.3 is 0 Å². The monoisotopic (exact) mass is 285 g/mol. The first-order valence-electron chi connectivity index (χ1n) is 8.15. The van der Waals surface area contributed by atoms with Gasteiger partial charge in [-0.2, -0.15) is 5.26 Å². The largest absolute Gasteiger partial charge is 0.310 e. The predicted octanol–water partition coefficient (Wildman–Crippen LogP) is 3.33. The fourth-order valence-corrected chi connectivity index (χ4v) is 2.87. The summed E-state index contributed by atoms with van der Waals surface area (Å²) in [6, 6.07) is 10.4. The molecule has 3 heteroatoms. The molecular weight excluding hydrogens is 258 g/mol. The summed E-state index contributed by atoms with van der Waals surface area (Å²) >= 11 is 0. The Hall–Kier alpha value is -1.37. The van der Waals surface area contributed by atoms with Gasteiger partial charge in [0.1, 0.15) is 0 Å². The van der Waals surface area contributed by atoms with Crippen molar-refractivity contribution in [1.29, 1.82) is 5.26 Å². The molecule has 1 atom stereocenters. The van der Waals surface area contributed by atoms with Gasteiger partial charge in [0.05, 0.1) is 11.6 Å². The fraction of sp³-hybridized carbons (Fsp3) is 0.611. The summed E-state index contributed by atoms with van der Waals surface area (Å²) in [5, 5.41) is 12.4. The minimum atomic E-state index is 0.346. The van der Waals surface area contributed by atoms with Crippen LogP contribution in [0.2, 0.25) is 0 Å².